The van der Waals surface area contributed by atoms with Crippen molar-refractivity contribution in [2.24, 2.45) is 5.92 Å². The van der Waals surface area contributed by atoms with Crippen molar-refractivity contribution in [3.8, 4) is 0 Å². The summed E-state index contributed by atoms with van der Waals surface area (Å²) in [5.41, 5.74) is 3.13. The molecular formula is C14H19N2-. The van der Waals surface area contributed by atoms with E-state index < -0.39 is 0 Å². The summed E-state index contributed by atoms with van der Waals surface area (Å²) in [7, 11) is 0. The third-order valence-electron chi connectivity index (χ3n) is 4.00. The second kappa shape index (κ2) is 3.70. The van der Waals surface area contributed by atoms with Crippen LogP contribution >= 0.6 is 0 Å². The maximum atomic E-state index is 4.08. The molecular weight excluding hydrogens is 196 g/mol. The van der Waals surface area contributed by atoms with Gasteiger partial charge in [0.15, 0.2) is 0 Å². The molecule has 0 aromatic carbocycles. The van der Waals surface area contributed by atoms with Crippen LogP contribution in [-0.4, -0.2) is 42.4 Å². The Morgan fingerprint density at radius 3 is 3.19 bits per heavy atom. The summed E-state index contributed by atoms with van der Waals surface area (Å²) in [5, 5.41) is 0. The fourth-order valence-corrected chi connectivity index (χ4v) is 2.94. The molecule has 16 heavy (non-hydrogen) atoms. The van der Waals surface area contributed by atoms with E-state index >= 15 is 0 Å². The summed E-state index contributed by atoms with van der Waals surface area (Å²) < 4.78 is 2.13. The van der Waals surface area contributed by atoms with E-state index in [9.17, 15) is 0 Å². The molecule has 0 saturated carbocycles. The van der Waals surface area contributed by atoms with Gasteiger partial charge in [0.2, 0.25) is 0 Å². The van der Waals surface area contributed by atoms with Crippen molar-refractivity contribution < 1.29 is 4.58 Å². The van der Waals surface area contributed by atoms with Gasteiger partial charge >= 0.3 is 0 Å². The van der Waals surface area contributed by atoms with E-state index in [1.54, 1.807) is 11.1 Å². The molecule has 86 valence electrons. The van der Waals surface area contributed by atoms with Crippen molar-refractivity contribution in [3.63, 3.8) is 0 Å². The first-order chi connectivity index (χ1) is 7.79. The van der Waals surface area contributed by atoms with Gasteiger partial charge in [-0.3, -0.25) is 0 Å². The minimum atomic E-state index is 0.765. The van der Waals surface area contributed by atoms with Crippen molar-refractivity contribution in [1.82, 2.24) is 4.90 Å². The summed E-state index contributed by atoms with van der Waals surface area (Å²) in [6.45, 7) is 11.1. The van der Waals surface area contributed by atoms with Crippen LogP contribution in [-0.2, 0) is 0 Å². The molecule has 2 heterocycles. The summed E-state index contributed by atoms with van der Waals surface area (Å²) in [5.74, 6) is 0.765. The second-order valence-corrected chi connectivity index (χ2v) is 4.91. The smallest absolute Gasteiger partial charge is 0.121 e. The Morgan fingerprint density at radius 2 is 2.44 bits per heavy atom. The zero-order chi connectivity index (χ0) is 11.1. The molecule has 2 heteroatoms. The lowest BCUT2D eigenvalue weighted by atomic mass is 9.81. The maximum Gasteiger partial charge on any atom is 0.121 e. The highest BCUT2D eigenvalue weighted by Crippen LogP contribution is 2.39. The summed E-state index contributed by atoms with van der Waals surface area (Å²) in [6.07, 6.45) is 7.88. The summed E-state index contributed by atoms with van der Waals surface area (Å²) >= 11 is 0. The molecule has 0 N–H and O–H groups in total. The third kappa shape index (κ3) is 1.40. The second-order valence-electron chi connectivity index (χ2n) is 4.91. The Balaban J connectivity index is 1.80. The Labute approximate surface area is 98.0 Å². The van der Waals surface area contributed by atoms with Crippen molar-refractivity contribution in [2.45, 2.75) is 13.3 Å². The maximum absolute atomic E-state index is 4.08. The molecule has 0 atom stereocenters. The molecule has 3 rings (SSSR count). The quantitative estimate of drug-likeness (QED) is 0.501. The van der Waals surface area contributed by atoms with Crippen LogP contribution < -0.4 is 0 Å². The molecule has 0 bridgehead atoms. The van der Waals surface area contributed by atoms with Crippen LogP contribution in [0.3, 0.4) is 0 Å². The van der Waals surface area contributed by atoms with E-state index in [2.05, 4.69) is 41.7 Å². The van der Waals surface area contributed by atoms with Crippen LogP contribution in [0.5, 0.6) is 0 Å². The minimum absolute atomic E-state index is 0.765. The number of allylic oxidation sites excluding steroid dienone is 1. The number of fused-ring (bicyclic) bond motifs is 1. The van der Waals surface area contributed by atoms with Crippen LogP contribution in [0.25, 0.3) is 0 Å². The molecule has 0 spiro atoms. The Hall–Kier alpha value is -1.15. The Bertz CT molecular complexity index is 372. The number of rotatable bonds is 2. The number of hydrogen-bond acceptors (Lipinski definition) is 1. The molecule has 2 saturated heterocycles. The fourth-order valence-electron chi connectivity index (χ4n) is 2.94. The Kier molecular flexibility index (Phi) is 2.32. The normalized spacial score (nSPS) is 25.8. The highest BCUT2D eigenvalue weighted by molar-refractivity contribution is 5.48. The molecule has 2 nitrogen and oxygen atoms in total. The van der Waals surface area contributed by atoms with E-state index in [1.807, 2.05) is 0 Å². The van der Waals surface area contributed by atoms with Crippen molar-refractivity contribution in [3.05, 3.63) is 35.8 Å². The van der Waals surface area contributed by atoms with Crippen LogP contribution in [0, 0.1) is 18.4 Å². The van der Waals surface area contributed by atoms with Crippen molar-refractivity contribution in [1.29, 1.82) is 0 Å². The third-order valence-corrected chi connectivity index (χ3v) is 4.00. The lowest BCUT2D eigenvalue weighted by Gasteiger charge is -2.47. The van der Waals surface area contributed by atoms with Gasteiger partial charge in [-0.25, -0.2) is 18.1 Å². The predicted molar refractivity (Wildman–Crippen MR) is 66.2 cm³/mol. The first kappa shape index (κ1) is 10.0. The van der Waals surface area contributed by atoms with E-state index in [-0.39, 0.29) is 0 Å². The predicted octanol–water partition coefficient (Wildman–Crippen LogP) is 1.66. The number of nitrogens with zero attached hydrogens (tertiary/aromatic N) is 2. The molecule has 1 aliphatic carbocycles. The first-order valence-electron chi connectivity index (χ1n) is 6.21. The molecule has 0 amide bonds. The van der Waals surface area contributed by atoms with Gasteiger partial charge in [0.25, 0.3) is 0 Å². The summed E-state index contributed by atoms with van der Waals surface area (Å²) in [4.78, 5) is 2.50. The highest BCUT2D eigenvalue weighted by atomic mass is 15.2. The molecule has 3 aliphatic rings. The van der Waals surface area contributed by atoms with E-state index in [0.29, 0.717) is 0 Å². The van der Waals surface area contributed by atoms with Crippen molar-refractivity contribution in [2.75, 3.05) is 26.2 Å². The molecule has 2 fully saturated rings. The molecule has 0 radical (unpaired) electrons. The van der Waals surface area contributed by atoms with E-state index in [1.165, 1.54) is 32.1 Å². The SMILES string of the molecule is C=[N+]1CCC2=C(C3CN(CC)C3)[CH-]C=C[C-]21. The number of likely N-dealkylation sites (tertiary alicyclic amines) is 1. The van der Waals surface area contributed by atoms with Gasteiger partial charge in [-0.15, -0.1) is 0 Å². The monoisotopic (exact) mass is 215 g/mol. The zero-order valence-corrected chi connectivity index (χ0v) is 9.95. The lowest BCUT2D eigenvalue weighted by molar-refractivity contribution is -0.475. The topological polar surface area (TPSA) is 6.25 Å². The average molecular weight is 215 g/mol. The van der Waals surface area contributed by atoms with Gasteiger partial charge in [-0.1, -0.05) is 6.92 Å². The first-order valence-corrected chi connectivity index (χ1v) is 6.21. The zero-order valence-electron chi connectivity index (χ0n) is 9.95. The van der Waals surface area contributed by atoms with Gasteiger partial charge in [0.1, 0.15) is 6.54 Å². The largest absolute Gasteiger partial charge is 0.307 e. The van der Waals surface area contributed by atoms with Crippen molar-refractivity contribution >= 4 is 6.72 Å². The van der Waals surface area contributed by atoms with Gasteiger partial charge < -0.3 is 9.48 Å². The van der Waals surface area contributed by atoms with Gasteiger partial charge in [-0.05, 0) is 32.0 Å². The Morgan fingerprint density at radius 1 is 1.62 bits per heavy atom. The van der Waals surface area contributed by atoms with Crippen LogP contribution in [0.1, 0.15) is 13.3 Å². The lowest BCUT2D eigenvalue weighted by Crippen LogP contribution is -2.47. The van der Waals surface area contributed by atoms with Crippen LogP contribution in [0.2, 0.25) is 0 Å². The van der Waals surface area contributed by atoms with E-state index in [0.717, 1.165) is 12.5 Å². The molecule has 0 unspecified atom stereocenters. The average Bonchev–Trinajstić information content (AvgIpc) is 2.60. The standard InChI is InChI=1S/C14H19N2/c1-3-16-9-11(10-16)12-5-4-6-14-13(12)7-8-15(14)2/h4-6,11H,2-3,7-10H2,1H3/q-1. The molecule has 2 aliphatic heterocycles. The summed E-state index contributed by atoms with van der Waals surface area (Å²) in [6, 6.07) is 1.35. The van der Waals surface area contributed by atoms with Gasteiger partial charge in [0.05, 0.1) is 6.72 Å². The minimum Gasteiger partial charge on any atom is -0.307 e. The van der Waals surface area contributed by atoms with Crippen LogP contribution in [0.15, 0.2) is 23.3 Å². The number of hydrogen-bond donors (Lipinski definition) is 0. The molecule has 0 aromatic heterocycles. The molecule has 0 aromatic rings. The van der Waals surface area contributed by atoms with E-state index in [4.69, 9.17) is 0 Å². The highest BCUT2D eigenvalue weighted by Gasteiger charge is 2.28. The van der Waals surface area contributed by atoms with Gasteiger partial charge in [0, 0.05) is 6.04 Å². The fraction of sp³-hybridized carbons (Fsp3) is 0.500. The van der Waals surface area contributed by atoms with Gasteiger partial charge in [-0.2, -0.15) is 11.6 Å². The van der Waals surface area contributed by atoms with Crippen LogP contribution in [0.4, 0.5) is 0 Å².